The minimum atomic E-state index is -0.504. The molecule has 0 spiro atoms. The van der Waals surface area contributed by atoms with Crippen molar-refractivity contribution in [2.45, 2.75) is 6.92 Å². The molecule has 0 aliphatic heterocycles. The Hall–Kier alpha value is -2.63. The zero-order valence-electron chi connectivity index (χ0n) is 10.3. The number of nitrogens with zero attached hydrogens (tertiary/aromatic N) is 1. The average molecular weight is 259 g/mol. The van der Waals surface area contributed by atoms with Gasteiger partial charge in [-0.05, 0) is 19.1 Å². The van der Waals surface area contributed by atoms with E-state index < -0.39 is 5.91 Å². The largest absolute Gasteiger partial charge is 0.476 e. The molecule has 2 aromatic heterocycles. The van der Waals surface area contributed by atoms with Gasteiger partial charge in [-0.3, -0.25) is 9.59 Å². The van der Waals surface area contributed by atoms with Gasteiger partial charge in [-0.15, -0.1) is 0 Å². The van der Waals surface area contributed by atoms with Gasteiger partial charge in [0.25, 0.3) is 5.91 Å². The molecule has 2 aromatic rings. The van der Waals surface area contributed by atoms with E-state index in [0.29, 0.717) is 18.2 Å². The smallest absolute Gasteiger partial charge is 0.261 e. The molecule has 0 saturated heterocycles. The van der Waals surface area contributed by atoms with Crippen LogP contribution in [0.5, 0.6) is 5.88 Å². The first-order chi connectivity index (χ1) is 9.22. The van der Waals surface area contributed by atoms with Crippen molar-refractivity contribution in [2.24, 2.45) is 0 Å². The van der Waals surface area contributed by atoms with Gasteiger partial charge < -0.3 is 15.0 Å². The molecule has 0 unspecified atom stereocenters. The molecule has 2 rings (SSSR count). The van der Waals surface area contributed by atoms with Gasteiger partial charge in [0.05, 0.1) is 6.61 Å². The highest BCUT2D eigenvalue weighted by Crippen LogP contribution is 2.20. The third-order valence-electron chi connectivity index (χ3n) is 2.37. The zero-order valence-corrected chi connectivity index (χ0v) is 10.3. The molecule has 0 radical (unpaired) electrons. The summed E-state index contributed by atoms with van der Waals surface area (Å²) in [6.45, 7) is 2.26. The predicted molar refractivity (Wildman–Crippen MR) is 70.4 cm³/mol. The van der Waals surface area contributed by atoms with Gasteiger partial charge in [0.15, 0.2) is 5.43 Å². The number of H-pyrrole nitrogens is 1. The fraction of sp³-hybridized carbons (Fsp3) is 0.154. The van der Waals surface area contributed by atoms with Crippen LogP contribution in [-0.4, -0.2) is 22.5 Å². The van der Waals surface area contributed by atoms with E-state index in [4.69, 9.17) is 4.74 Å². The molecule has 2 heterocycles. The Balaban J connectivity index is 2.25. The summed E-state index contributed by atoms with van der Waals surface area (Å²) in [7, 11) is 0. The molecule has 98 valence electrons. The summed E-state index contributed by atoms with van der Waals surface area (Å²) in [6.07, 6.45) is 4.39. The summed E-state index contributed by atoms with van der Waals surface area (Å²) in [5, 5.41) is 2.61. The van der Waals surface area contributed by atoms with Gasteiger partial charge in [-0.1, -0.05) is 0 Å². The number of carbonyl (C=O) groups excluding carboxylic acids is 1. The molecular formula is C13H13N3O3. The number of hydrogen-bond acceptors (Lipinski definition) is 4. The van der Waals surface area contributed by atoms with Crippen molar-refractivity contribution < 1.29 is 9.53 Å². The Morgan fingerprint density at radius 2 is 2.32 bits per heavy atom. The van der Waals surface area contributed by atoms with Gasteiger partial charge >= 0.3 is 0 Å². The molecule has 0 fully saturated rings. The lowest BCUT2D eigenvalue weighted by atomic mass is 10.2. The second kappa shape index (κ2) is 5.81. The third kappa shape index (κ3) is 2.98. The zero-order chi connectivity index (χ0) is 13.7. The third-order valence-corrected chi connectivity index (χ3v) is 2.37. The summed E-state index contributed by atoms with van der Waals surface area (Å²) in [5.41, 5.74) is 0.115. The van der Waals surface area contributed by atoms with Crippen LogP contribution in [-0.2, 0) is 0 Å². The molecule has 19 heavy (non-hydrogen) atoms. The lowest BCUT2D eigenvalue weighted by Crippen LogP contribution is -2.21. The topological polar surface area (TPSA) is 84.1 Å². The number of rotatable bonds is 4. The molecule has 2 N–H and O–H groups in total. The summed E-state index contributed by atoms with van der Waals surface area (Å²) in [5.74, 6) is -0.179. The highest BCUT2D eigenvalue weighted by molar-refractivity contribution is 6.04. The second-order valence-electron chi connectivity index (χ2n) is 3.67. The van der Waals surface area contributed by atoms with Crippen molar-refractivity contribution in [2.75, 3.05) is 11.9 Å². The quantitative estimate of drug-likeness (QED) is 0.869. The van der Waals surface area contributed by atoms with Gasteiger partial charge in [0, 0.05) is 24.7 Å². The van der Waals surface area contributed by atoms with Gasteiger partial charge in [-0.2, -0.15) is 0 Å². The average Bonchev–Trinajstić information content (AvgIpc) is 2.41. The standard InChI is InChI=1S/C13H13N3O3/c1-2-19-13-10(4-3-6-15-13)16-12(18)9-8-14-7-5-11(9)17/h3-8H,2H2,1H3,(H,14,17)(H,16,18). The van der Waals surface area contributed by atoms with Crippen molar-refractivity contribution in [1.29, 1.82) is 0 Å². The lowest BCUT2D eigenvalue weighted by Gasteiger charge is -2.09. The summed E-state index contributed by atoms with van der Waals surface area (Å²) in [6, 6.07) is 4.63. The maximum atomic E-state index is 12.0. The van der Waals surface area contributed by atoms with Gasteiger partial charge in [0.2, 0.25) is 5.88 Å². The molecule has 0 aromatic carbocycles. The maximum Gasteiger partial charge on any atom is 0.261 e. The van der Waals surface area contributed by atoms with Gasteiger partial charge in [-0.25, -0.2) is 4.98 Å². The van der Waals surface area contributed by atoms with Crippen molar-refractivity contribution in [1.82, 2.24) is 9.97 Å². The predicted octanol–water partition coefficient (Wildman–Crippen LogP) is 1.42. The number of ether oxygens (including phenoxy) is 1. The lowest BCUT2D eigenvalue weighted by molar-refractivity contribution is 0.102. The number of amides is 1. The fourth-order valence-electron chi connectivity index (χ4n) is 1.52. The molecule has 0 aliphatic rings. The van der Waals surface area contributed by atoms with Crippen molar-refractivity contribution >= 4 is 11.6 Å². The van der Waals surface area contributed by atoms with E-state index in [1.165, 1.54) is 18.5 Å². The Bertz CT molecular complexity index is 637. The number of nitrogens with one attached hydrogen (secondary N) is 2. The van der Waals surface area contributed by atoms with Crippen molar-refractivity contribution in [3.8, 4) is 5.88 Å². The Kier molecular flexibility index (Phi) is 3.92. The number of carbonyl (C=O) groups is 1. The van der Waals surface area contributed by atoms with Crippen molar-refractivity contribution in [3.05, 3.63) is 52.6 Å². The first-order valence-corrected chi connectivity index (χ1v) is 5.78. The minimum absolute atomic E-state index is 0.0359. The van der Waals surface area contributed by atoms with Crippen LogP contribution in [0.2, 0.25) is 0 Å². The molecule has 1 amide bonds. The van der Waals surface area contributed by atoms with Crippen LogP contribution in [0.15, 0.2) is 41.6 Å². The first kappa shape index (κ1) is 12.8. The fourth-order valence-corrected chi connectivity index (χ4v) is 1.52. The van der Waals surface area contributed by atoms with Crippen LogP contribution in [0.4, 0.5) is 5.69 Å². The van der Waals surface area contributed by atoms with E-state index in [0.717, 1.165) is 0 Å². The molecule has 0 aliphatic carbocycles. The molecule has 6 heteroatoms. The second-order valence-corrected chi connectivity index (χ2v) is 3.67. The van der Waals surface area contributed by atoms with E-state index in [1.807, 2.05) is 6.92 Å². The van der Waals surface area contributed by atoms with E-state index in [1.54, 1.807) is 18.3 Å². The van der Waals surface area contributed by atoms with Crippen LogP contribution in [0.25, 0.3) is 0 Å². The van der Waals surface area contributed by atoms with Gasteiger partial charge in [0.1, 0.15) is 11.3 Å². The highest BCUT2D eigenvalue weighted by Gasteiger charge is 2.12. The van der Waals surface area contributed by atoms with E-state index >= 15 is 0 Å². The summed E-state index contributed by atoms with van der Waals surface area (Å²) >= 11 is 0. The number of pyridine rings is 2. The minimum Gasteiger partial charge on any atom is -0.476 e. The first-order valence-electron chi connectivity index (χ1n) is 5.78. The Labute approximate surface area is 109 Å². The SMILES string of the molecule is CCOc1ncccc1NC(=O)c1c[nH]ccc1=O. The molecule has 0 atom stereocenters. The number of aromatic nitrogens is 2. The number of anilines is 1. The number of hydrogen-bond donors (Lipinski definition) is 2. The Morgan fingerprint density at radius 3 is 3.05 bits per heavy atom. The van der Waals surface area contributed by atoms with Crippen LogP contribution in [0.3, 0.4) is 0 Å². The molecule has 6 nitrogen and oxygen atoms in total. The molecular weight excluding hydrogens is 246 g/mol. The summed E-state index contributed by atoms with van der Waals surface area (Å²) < 4.78 is 5.29. The highest BCUT2D eigenvalue weighted by atomic mass is 16.5. The van der Waals surface area contributed by atoms with Crippen LogP contribution in [0, 0.1) is 0 Å². The number of aromatic amines is 1. The van der Waals surface area contributed by atoms with E-state index in [9.17, 15) is 9.59 Å². The van der Waals surface area contributed by atoms with Crippen LogP contribution >= 0.6 is 0 Å². The normalized spacial score (nSPS) is 9.95. The van der Waals surface area contributed by atoms with Crippen LogP contribution < -0.4 is 15.5 Å². The summed E-state index contributed by atoms with van der Waals surface area (Å²) in [4.78, 5) is 30.2. The molecule has 0 bridgehead atoms. The van der Waals surface area contributed by atoms with Crippen LogP contribution in [0.1, 0.15) is 17.3 Å². The van der Waals surface area contributed by atoms with E-state index in [2.05, 4.69) is 15.3 Å². The Morgan fingerprint density at radius 1 is 1.47 bits per heavy atom. The van der Waals surface area contributed by atoms with Crippen molar-refractivity contribution in [3.63, 3.8) is 0 Å². The monoisotopic (exact) mass is 259 g/mol. The van der Waals surface area contributed by atoms with E-state index in [-0.39, 0.29) is 11.0 Å². The maximum absolute atomic E-state index is 12.0. The molecule has 0 saturated carbocycles.